The lowest BCUT2D eigenvalue weighted by Crippen LogP contribution is -1.96. The monoisotopic (exact) mass is 263 g/mol. The smallest absolute Gasteiger partial charge is 0.317 e. The number of hydrogen-bond acceptors (Lipinski definition) is 2. The number of carbonyl (C=O) groups is 1. The lowest BCUT2D eigenvalue weighted by Gasteiger charge is -1.93. The van der Waals surface area contributed by atoms with Crippen LogP contribution in [0.1, 0.15) is 12.0 Å². The van der Waals surface area contributed by atoms with Crippen LogP contribution < -0.4 is 0 Å². The molecule has 3 heteroatoms. The molecule has 0 radical (unpaired) electrons. The van der Waals surface area contributed by atoms with Crippen molar-refractivity contribution in [2.45, 2.75) is 6.42 Å². The van der Waals surface area contributed by atoms with Crippen molar-refractivity contribution in [1.82, 2.24) is 4.98 Å². The van der Waals surface area contributed by atoms with Crippen molar-refractivity contribution in [2.24, 2.45) is 0 Å². The van der Waals surface area contributed by atoms with Gasteiger partial charge in [0.15, 0.2) is 0 Å². The van der Waals surface area contributed by atoms with E-state index in [4.69, 9.17) is 0 Å². The van der Waals surface area contributed by atoms with Crippen LogP contribution in [0.25, 0.3) is 21.8 Å². The molecule has 0 saturated heterocycles. The first-order valence-corrected chi connectivity index (χ1v) is 6.34. The van der Waals surface area contributed by atoms with Crippen molar-refractivity contribution in [3.63, 3.8) is 0 Å². The number of rotatable bonds is 1. The summed E-state index contributed by atoms with van der Waals surface area (Å²) in [5.74, 6) is 5.47. The zero-order valence-electron chi connectivity index (χ0n) is 11.1. The second-order valence-electron chi connectivity index (χ2n) is 4.49. The van der Waals surface area contributed by atoms with Gasteiger partial charge in [-0.05, 0) is 18.2 Å². The Morgan fingerprint density at radius 3 is 2.80 bits per heavy atom. The third-order valence-corrected chi connectivity index (χ3v) is 3.20. The number of carbonyl (C=O) groups excluding carboxylic acids is 1. The third kappa shape index (κ3) is 2.24. The van der Waals surface area contributed by atoms with Crippen LogP contribution in [-0.4, -0.2) is 18.1 Å². The molecular weight excluding hydrogens is 250 g/mol. The number of nitrogens with one attached hydrogen (secondary N) is 1. The van der Waals surface area contributed by atoms with Crippen molar-refractivity contribution in [3.05, 3.63) is 48.0 Å². The molecule has 0 aliphatic rings. The summed E-state index contributed by atoms with van der Waals surface area (Å²) in [5, 5.41) is 2.38. The first-order valence-electron chi connectivity index (χ1n) is 6.34. The van der Waals surface area contributed by atoms with Gasteiger partial charge in [0, 0.05) is 27.4 Å². The largest absolute Gasteiger partial charge is 0.468 e. The summed E-state index contributed by atoms with van der Waals surface area (Å²) in [6, 6.07) is 14.2. The van der Waals surface area contributed by atoms with Gasteiger partial charge in [-0.15, -0.1) is 0 Å². The maximum atomic E-state index is 11.0. The van der Waals surface area contributed by atoms with E-state index in [2.05, 4.69) is 39.8 Å². The van der Waals surface area contributed by atoms with E-state index in [1.54, 1.807) is 0 Å². The lowest BCUT2D eigenvalue weighted by molar-refractivity contribution is -0.139. The molecule has 0 spiro atoms. The van der Waals surface area contributed by atoms with E-state index >= 15 is 0 Å². The lowest BCUT2D eigenvalue weighted by atomic mass is 10.1. The van der Waals surface area contributed by atoms with Crippen molar-refractivity contribution < 1.29 is 9.53 Å². The van der Waals surface area contributed by atoms with Crippen molar-refractivity contribution in [1.29, 1.82) is 0 Å². The molecule has 0 bridgehead atoms. The fraction of sp³-hybridized carbons (Fsp3) is 0.118. The Labute approximate surface area is 116 Å². The molecule has 3 nitrogen and oxygen atoms in total. The van der Waals surface area contributed by atoms with E-state index < -0.39 is 0 Å². The molecule has 1 N–H and O–H groups in total. The van der Waals surface area contributed by atoms with Gasteiger partial charge in [-0.2, -0.15) is 0 Å². The summed E-state index contributed by atoms with van der Waals surface area (Å²) in [6.07, 6.45) is 0.112. The summed E-state index contributed by atoms with van der Waals surface area (Å²) in [5.41, 5.74) is 3.05. The molecule has 3 rings (SSSR count). The van der Waals surface area contributed by atoms with Crippen molar-refractivity contribution in [3.8, 4) is 11.8 Å². The average Bonchev–Trinajstić information content (AvgIpc) is 2.84. The van der Waals surface area contributed by atoms with Crippen LogP contribution in [0.3, 0.4) is 0 Å². The van der Waals surface area contributed by atoms with Gasteiger partial charge in [-0.1, -0.05) is 36.1 Å². The molecule has 0 aliphatic carbocycles. The summed E-state index contributed by atoms with van der Waals surface area (Å²) in [7, 11) is 1.36. The fourth-order valence-corrected chi connectivity index (χ4v) is 2.22. The topological polar surface area (TPSA) is 42.1 Å². The number of benzene rings is 2. The molecule has 0 aliphatic heterocycles. The molecule has 0 fully saturated rings. The average molecular weight is 263 g/mol. The SMILES string of the molecule is COC(=O)CC#Cc1ccc2c(c1)[nH]c1ccccc12. The van der Waals surface area contributed by atoms with Gasteiger partial charge in [0.25, 0.3) is 0 Å². The minimum atomic E-state index is -0.316. The van der Waals surface area contributed by atoms with Crippen LogP contribution in [0.5, 0.6) is 0 Å². The number of H-pyrrole nitrogens is 1. The normalized spacial score (nSPS) is 10.2. The molecule has 0 unspecified atom stereocenters. The Morgan fingerprint density at radius 2 is 1.95 bits per heavy atom. The number of esters is 1. The first-order chi connectivity index (χ1) is 9.78. The second-order valence-corrected chi connectivity index (χ2v) is 4.49. The molecule has 0 amide bonds. The highest BCUT2D eigenvalue weighted by molar-refractivity contribution is 6.07. The second kappa shape index (κ2) is 5.10. The van der Waals surface area contributed by atoms with Crippen LogP contribution in [-0.2, 0) is 9.53 Å². The summed E-state index contributed by atoms with van der Waals surface area (Å²) in [4.78, 5) is 14.4. The van der Waals surface area contributed by atoms with Crippen LogP contribution in [0, 0.1) is 11.8 Å². The van der Waals surface area contributed by atoms with Crippen molar-refractivity contribution in [2.75, 3.05) is 7.11 Å². The van der Waals surface area contributed by atoms with Gasteiger partial charge < -0.3 is 9.72 Å². The van der Waals surface area contributed by atoms with E-state index in [1.807, 2.05) is 24.3 Å². The zero-order chi connectivity index (χ0) is 13.9. The van der Waals surface area contributed by atoms with E-state index in [-0.39, 0.29) is 12.4 Å². The predicted octanol–water partition coefficient (Wildman–Crippen LogP) is 3.24. The van der Waals surface area contributed by atoms with Gasteiger partial charge in [-0.3, -0.25) is 4.79 Å². The summed E-state index contributed by atoms with van der Waals surface area (Å²) in [6.45, 7) is 0. The Balaban J connectivity index is 1.98. The number of aromatic amines is 1. The summed E-state index contributed by atoms with van der Waals surface area (Å²) >= 11 is 0. The van der Waals surface area contributed by atoms with E-state index in [1.165, 1.54) is 17.9 Å². The van der Waals surface area contributed by atoms with Gasteiger partial charge in [0.1, 0.15) is 6.42 Å². The van der Waals surface area contributed by atoms with Crippen LogP contribution in [0.2, 0.25) is 0 Å². The standard InChI is InChI=1S/C17H13NO2/c1-20-17(19)8-4-5-12-9-10-14-13-6-2-3-7-15(13)18-16(14)11-12/h2-3,6-7,9-11,18H,8H2,1H3. The quantitative estimate of drug-likeness (QED) is 0.541. The Hall–Kier alpha value is -2.73. The number of hydrogen-bond donors (Lipinski definition) is 1. The molecule has 3 aromatic rings. The molecule has 0 saturated carbocycles. The number of fused-ring (bicyclic) bond motifs is 3. The van der Waals surface area contributed by atoms with Crippen LogP contribution in [0.15, 0.2) is 42.5 Å². The number of ether oxygens (including phenoxy) is 1. The highest BCUT2D eigenvalue weighted by Crippen LogP contribution is 2.25. The third-order valence-electron chi connectivity index (χ3n) is 3.20. The van der Waals surface area contributed by atoms with E-state index in [9.17, 15) is 4.79 Å². The fourth-order valence-electron chi connectivity index (χ4n) is 2.22. The highest BCUT2D eigenvalue weighted by Gasteiger charge is 2.03. The Kier molecular flexibility index (Phi) is 3.14. The number of methoxy groups -OCH3 is 1. The minimum absolute atomic E-state index is 0.112. The van der Waals surface area contributed by atoms with Gasteiger partial charge in [0.2, 0.25) is 0 Å². The Morgan fingerprint density at radius 1 is 1.15 bits per heavy atom. The predicted molar refractivity (Wildman–Crippen MR) is 79.3 cm³/mol. The van der Waals surface area contributed by atoms with Gasteiger partial charge in [-0.25, -0.2) is 0 Å². The molecule has 2 aromatic carbocycles. The van der Waals surface area contributed by atoms with E-state index in [0.29, 0.717) is 0 Å². The molecule has 1 aromatic heterocycles. The first kappa shape index (κ1) is 12.3. The van der Waals surface area contributed by atoms with Crippen LogP contribution in [0.4, 0.5) is 0 Å². The molecule has 98 valence electrons. The Bertz CT molecular complexity index is 849. The van der Waals surface area contributed by atoms with Gasteiger partial charge in [0.05, 0.1) is 7.11 Å². The van der Waals surface area contributed by atoms with Crippen molar-refractivity contribution >= 4 is 27.8 Å². The van der Waals surface area contributed by atoms with Gasteiger partial charge >= 0.3 is 5.97 Å². The zero-order valence-corrected chi connectivity index (χ0v) is 11.1. The minimum Gasteiger partial charge on any atom is -0.468 e. The molecule has 20 heavy (non-hydrogen) atoms. The molecular formula is C17H13NO2. The van der Waals surface area contributed by atoms with E-state index in [0.717, 1.165) is 16.6 Å². The molecule has 1 heterocycles. The molecule has 0 atom stereocenters. The number of aromatic nitrogens is 1. The maximum Gasteiger partial charge on any atom is 0.317 e. The highest BCUT2D eigenvalue weighted by atomic mass is 16.5. The maximum absolute atomic E-state index is 11.0. The summed E-state index contributed by atoms with van der Waals surface area (Å²) < 4.78 is 4.55. The number of para-hydroxylation sites is 1. The van der Waals surface area contributed by atoms with Crippen LogP contribution >= 0.6 is 0 Å².